The molecule has 0 bridgehead atoms. The second kappa shape index (κ2) is 7.18. The van der Waals surface area contributed by atoms with Crippen molar-refractivity contribution >= 4 is 38.7 Å². The first kappa shape index (κ1) is 18.7. The van der Waals surface area contributed by atoms with Gasteiger partial charge in [-0.15, -0.1) is 0 Å². The van der Waals surface area contributed by atoms with Gasteiger partial charge in [0.1, 0.15) is 11.3 Å². The largest absolute Gasteiger partial charge is 0.496 e. The standard InChI is InChI=1S/C25H18BrNO3/c1-27-14-16(22-17(9-6-10-19(22)27)15-7-4-3-5-8-15)13-21-24(28)23-20(29-2)12-11-18(26)25(23)30-21/h3-14H,1-2H3/b21-13-. The molecule has 2 heterocycles. The van der Waals surface area contributed by atoms with Crippen molar-refractivity contribution in [1.29, 1.82) is 0 Å². The molecule has 1 aliphatic rings. The van der Waals surface area contributed by atoms with Crippen LogP contribution in [0.1, 0.15) is 15.9 Å². The normalized spacial score (nSPS) is 14.2. The Morgan fingerprint density at radius 3 is 2.60 bits per heavy atom. The maximum absolute atomic E-state index is 13.1. The SMILES string of the molecule is COc1ccc(Br)c2c1C(=O)/C(=C/c1cn(C)c3cccc(-c4ccccc4)c13)O2. The Kier molecular flexibility index (Phi) is 4.48. The van der Waals surface area contributed by atoms with Crippen LogP contribution >= 0.6 is 15.9 Å². The number of carbonyl (C=O) groups excluding carboxylic acids is 1. The van der Waals surface area contributed by atoms with Crippen LogP contribution in [0.3, 0.4) is 0 Å². The van der Waals surface area contributed by atoms with E-state index >= 15 is 0 Å². The van der Waals surface area contributed by atoms with E-state index in [9.17, 15) is 4.79 Å². The number of ketones is 1. The van der Waals surface area contributed by atoms with Gasteiger partial charge < -0.3 is 14.0 Å². The number of Topliss-reactive ketones (excluding diaryl/α,β-unsaturated/α-hetero) is 1. The first-order chi connectivity index (χ1) is 14.6. The molecule has 1 aliphatic heterocycles. The Morgan fingerprint density at radius 2 is 1.83 bits per heavy atom. The van der Waals surface area contributed by atoms with Crippen LogP contribution in [0.25, 0.3) is 28.1 Å². The summed E-state index contributed by atoms with van der Waals surface area (Å²) in [4.78, 5) is 13.1. The predicted octanol–water partition coefficient (Wildman–Crippen LogP) is 6.23. The number of allylic oxidation sites excluding steroid dienone is 1. The number of ether oxygens (including phenoxy) is 2. The fourth-order valence-corrected chi connectivity index (χ4v) is 4.40. The number of methoxy groups -OCH3 is 1. The zero-order chi connectivity index (χ0) is 20.8. The van der Waals surface area contributed by atoms with E-state index in [1.807, 2.05) is 43.6 Å². The number of benzene rings is 3. The van der Waals surface area contributed by atoms with Gasteiger partial charge in [-0.05, 0) is 51.3 Å². The minimum Gasteiger partial charge on any atom is -0.496 e. The van der Waals surface area contributed by atoms with Crippen molar-refractivity contribution in [1.82, 2.24) is 4.57 Å². The average molecular weight is 460 g/mol. The molecule has 0 unspecified atom stereocenters. The Bertz CT molecular complexity index is 1340. The lowest BCUT2D eigenvalue weighted by atomic mass is 9.98. The van der Waals surface area contributed by atoms with Gasteiger partial charge in [0.25, 0.3) is 0 Å². The summed E-state index contributed by atoms with van der Waals surface area (Å²) in [5, 5.41) is 1.08. The molecule has 148 valence electrons. The van der Waals surface area contributed by atoms with Gasteiger partial charge in [-0.25, -0.2) is 0 Å². The van der Waals surface area contributed by atoms with Crippen molar-refractivity contribution in [2.45, 2.75) is 0 Å². The zero-order valence-corrected chi connectivity index (χ0v) is 18.1. The molecule has 4 aromatic rings. The molecule has 0 amide bonds. The molecule has 0 fully saturated rings. The van der Waals surface area contributed by atoms with Gasteiger partial charge in [-0.2, -0.15) is 0 Å². The van der Waals surface area contributed by atoms with Crippen LogP contribution < -0.4 is 9.47 Å². The van der Waals surface area contributed by atoms with Crippen LogP contribution in [0.2, 0.25) is 0 Å². The smallest absolute Gasteiger partial charge is 0.235 e. The molecule has 4 nitrogen and oxygen atoms in total. The van der Waals surface area contributed by atoms with Crippen molar-refractivity contribution < 1.29 is 14.3 Å². The molecule has 0 N–H and O–H groups in total. The number of carbonyl (C=O) groups is 1. The maximum atomic E-state index is 13.1. The number of aryl methyl sites for hydroxylation is 1. The molecule has 0 atom stereocenters. The Labute approximate surface area is 182 Å². The van der Waals surface area contributed by atoms with E-state index in [0.717, 1.165) is 32.1 Å². The van der Waals surface area contributed by atoms with Gasteiger partial charge in [-0.1, -0.05) is 42.5 Å². The summed E-state index contributed by atoms with van der Waals surface area (Å²) in [6, 6.07) is 20.1. The van der Waals surface area contributed by atoms with E-state index in [-0.39, 0.29) is 11.5 Å². The first-order valence-electron chi connectivity index (χ1n) is 9.52. The van der Waals surface area contributed by atoms with E-state index < -0.39 is 0 Å². The summed E-state index contributed by atoms with van der Waals surface area (Å²) >= 11 is 3.47. The number of nitrogens with zero attached hydrogens (tertiary/aromatic N) is 1. The molecule has 0 saturated heterocycles. The van der Waals surface area contributed by atoms with Crippen molar-refractivity contribution in [2.24, 2.45) is 7.05 Å². The molecule has 0 aliphatic carbocycles. The summed E-state index contributed by atoms with van der Waals surface area (Å²) < 4.78 is 14.1. The molecule has 0 spiro atoms. The molecular formula is C25H18BrNO3. The van der Waals surface area contributed by atoms with Gasteiger partial charge in [0.05, 0.1) is 11.6 Å². The van der Waals surface area contributed by atoms with Gasteiger partial charge in [0.15, 0.2) is 11.5 Å². The molecule has 5 heteroatoms. The van der Waals surface area contributed by atoms with Crippen molar-refractivity contribution in [3.05, 3.63) is 88.2 Å². The number of rotatable bonds is 3. The molecule has 1 aromatic heterocycles. The molecule has 30 heavy (non-hydrogen) atoms. The van der Waals surface area contributed by atoms with E-state index in [1.54, 1.807) is 13.2 Å². The average Bonchev–Trinajstić information content (AvgIpc) is 3.27. The topological polar surface area (TPSA) is 40.5 Å². The fourth-order valence-electron chi connectivity index (χ4n) is 3.99. The van der Waals surface area contributed by atoms with Crippen molar-refractivity contribution in [2.75, 3.05) is 7.11 Å². The third-order valence-electron chi connectivity index (χ3n) is 5.37. The Hall–Kier alpha value is -3.31. The van der Waals surface area contributed by atoms with Crippen LogP contribution in [0, 0.1) is 0 Å². The molecule has 0 radical (unpaired) electrons. The lowest BCUT2D eigenvalue weighted by Gasteiger charge is -2.06. The summed E-state index contributed by atoms with van der Waals surface area (Å²) in [5.74, 6) is 1.10. The molecule has 5 rings (SSSR count). The number of hydrogen-bond acceptors (Lipinski definition) is 3. The predicted molar refractivity (Wildman–Crippen MR) is 122 cm³/mol. The summed E-state index contributed by atoms with van der Waals surface area (Å²) in [7, 11) is 3.56. The van der Waals surface area contributed by atoms with E-state index in [1.165, 1.54) is 0 Å². The highest BCUT2D eigenvalue weighted by Crippen LogP contribution is 2.44. The quantitative estimate of drug-likeness (QED) is 0.340. The zero-order valence-electron chi connectivity index (χ0n) is 16.5. The number of halogens is 1. The second-order valence-corrected chi connectivity index (χ2v) is 8.01. The third-order valence-corrected chi connectivity index (χ3v) is 5.99. The van der Waals surface area contributed by atoms with Crippen molar-refractivity contribution in [3.8, 4) is 22.6 Å². The molecule has 0 saturated carbocycles. The summed E-state index contributed by atoms with van der Waals surface area (Å²) in [6.07, 6.45) is 3.85. The summed E-state index contributed by atoms with van der Waals surface area (Å²) in [6.45, 7) is 0. The van der Waals surface area contributed by atoms with Crippen LogP contribution in [-0.4, -0.2) is 17.5 Å². The minimum atomic E-state index is -0.183. The maximum Gasteiger partial charge on any atom is 0.235 e. The third kappa shape index (κ3) is 2.85. The van der Waals surface area contributed by atoms with Crippen molar-refractivity contribution in [3.63, 3.8) is 0 Å². The first-order valence-corrected chi connectivity index (χ1v) is 10.3. The Morgan fingerprint density at radius 1 is 1.03 bits per heavy atom. The number of aromatic nitrogens is 1. The highest BCUT2D eigenvalue weighted by molar-refractivity contribution is 9.10. The van der Waals surface area contributed by atoms with Crippen LogP contribution in [0.5, 0.6) is 11.5 Å². The number of fused-ring (bicyclic) bond motifs is 2. The minimum absolute atomic E-state index is 0.183. The lowest BCUT2D eigenvalue weighted by Crippen LogP contribution is -2.00. The molecular weight excluding hydrogens is 442 g/mol. The van der Waals surface area contributed by atoms with Gasteiger partial charge in [0, 0.05) is 29.7 Å². The van der Waals surface area contributed by atoms with Crippen LogP contribution in [0.15, 0.2) is 77.1 Å². The number of hydrogen-bond donors (Lipinski definition) is 0. The van der Waals surface area contributed by atoms with Crippen LogP contribution in [-0.2, 0) is 7.05 Å². The van der Waals surface area contributed by atoms with Gasteiger partial charge in [-0.3, -0.25) is 4.79 Å². The van der Waals surface area contributed by atoms with E-state index in [0.29, 0.717) is 17.1 Å². The van der Waals surface area contributed by atoms with Gasteiger partial charge >= 0.3 is 0 Å². The highest BCUT2D eigenvalue weighted by atomic mass is 79.9. The highest BCUT2D eigenvalue weighted by Gasteiger charge is 2.33. The van der Waals surface area contributed by atoms with Crippen LogP contribution in [0.4, 0.5) is 0 Å². The van der Waals surface area contributed by atoms with E-state index in [2.05, 4.69) is 50.8 Å². The van der Waals surface area contributed by atoms with E-state index in [4.69, 9.17) is 9.47 Å². The summed E-state index contributed by atoms with van der Waals surface area (Å²) in [5.41, 5.74) is 4.70. The molecule has 3 aromatic carbocycles. The lowest BCUT2D eigenvalue weighted by molar-refractivity contribution is 0.101. The van der Waals surface area contributed by atoms with Gasteiger partial charge in [0.2, 0.25) is 5.78 Å². The second-order valence-electron chi connectivity index (χ2n) is 7.15. The monoisotopic (exact) mass is 459 g/mol. The fraction of sp³-hybridized carbons (Fsp3) is 0.0800. The Balaban J connectivity index is 1.69.